The van der Waals surface area contributed by atoms with Crippen LogP contribution in [0.2, 0.25) is 0 Å². The highest BCUT2D eigenvalue weighted by atomic mass is 32.2. The average Bonchev–Trinajstić information content (AvgIpc) is 2.38. The van der Waals surface area contributed by atoms with E-state index in [4.69, 9.17) is 5.11 Å². The molecule has 1 aliphatic rings. The fourth-order valence-electron chi connectivity index (χ4n) is 1.79. The number of hydrogen-bond acceptors (Lipinski definition) is 7. The predicted octanol–water partition coefficient (Wildman–Crippen LogP) is 0.0987. The molecule has 1 fully saturated rings. The standard InChI is InChI=1S/C10H13N3O4S2/c1-19(16,17)9-6-18-3-2-13(9)8-5-11-4-7(12-8)10(14)15/h4-5,9H,2-3,6H2,1H3,(H,14,15). The van der Waals surface area contributed by atoms with Gasteiger partial charge in [0.15, 0.2) is 15.5 Å². The Kier molecular flexibility index (Phi) is 3.95. The van der Waals surface area contributed by atoms with Crippen LogP contribution in [0.4, 0.5) is 5.82 Å². The van der Waals surface area contributed by atoms with Crippen LogP contribution in [-0.2, 0) is 9.84 Å². The van der Waals surface area contributed by atoms with E-state index in [0.29, 0.717) is 12.3 Å². The van der Waals surface area contributed by atoms with Crippen molar-refractivity contribution >= 4 is 33.4 Å². The van der Waals surface area contributed by atoms with Gasteiger partial charge in [-0.2, -0.15) is 11.8 Å². The summed E-state index contributed by atoms with van der Waals surface area (Å²) in [6.45, 7) is 0.500. The molecule has 0 aliphatic carbocycles. The van der Waals surface area contributed by atoms with Crippen LogP contribution in [0.5, 0.6) is 0 Å². The van der Waals surface area contributed by atoms with E-state index in [1.807, 2.05) is 0 Å². The Morgan fingerprint density at radius 3 is 2.89 bits per heavy atom. The minimum atomic E-state index is -3.27. The monoisotopic (exact) mass is 303 g/mol. The molecule has 0 bridgehead atoms. The molecule has 2 rings (SSSR count). The summed E-state index contributed by atoms with van der Waals surface area (Å²) < 4.78 is 23.5. The zero-order chi connectivity index (χ0) is 14.0. The van der Waals surface area contributed by atoms with Crippen LogP contribution in [0.15, 0.2) is 12.4 Å². The van der Waals surface area contributed by atoms with Crippen molar-refractivity contribution in [2.45, 2.75) is 5.37 Å². The topological polar surface area (TPSA) is 100 Å². The van der Waals surface area contributed by atoms with E-state index >= 15 is 0 Å². The Balaban J connectivity index is 2.38. The number of aromatic nitrogens is 2. The van der Waals surface area contributed by atoms with Crippen molar-refractivity contribution < 1.29 is 18.3 Å². The van der Waals surface area contributed by atoms with Gasteiger partial charge in [0.05, 0.1) is 12.4 Å². The summed E-state index contributed by atoms with van der Waals surface area (Å²) in [4.78, 5) is 20.2. The van der Waals surface area contributed by atoms with Gasteiger partial charge >= 0.3 is 5.97 Å². The van der Waals surface area contributed by atoms with E-state index in [-0.39, 0.29) is 11.5 Å². The number of hydrogen-bond donors (Lipinski definition) is 1. The third kappa shape index (κ3) is 3.16. The van der Waals surface area contributed by atoms with Gasteiger partial charge in [0.25, 0.3) is 0 Å². The lowest BCUT2D eigenvalue weighted by atomic mass is 10.4. The highest BCUT2D eigenvalue weighted by Crippen LogP contribution is 2.24. The molecule has 2 heterocycles. The highest BCUT2D eigenvalue weighted by molar-refractivity contribution is 8.01. The van der Waals surface area contributed by atoms with Gasteiger partial charge in [0.2, 0.25) is 0 Å². The van der Waals surface area contributed by atoms with Gasteiger partial charge in [-0.05, 0) is 0 Å². The zero-order valence-corrected chi connectivity index (χ0v) is 11.8. The van der Waals surface area contributed by atoms with Gasteiger partial charge in [-0.25, -0.2) is 18.2 Å². The van der Waals surface area contributed by atoms with Crippen molar-refractivity contribution in [3.05, 3.63) is 18.1 Å². The normalized spacial score (nSPS) is 20.3. The van der Waals surface area contributed by atoms with E-state index < -0.39 is 21.2 Å². The second-order valence-electron chi connectivity index (χ2n) is 4.12. The maximum absolute atomic E-state index is 11.8. The van der Waals surface area contributed by atoms with Gasteiger partial charge in [-0.3, -0.25) is 4.98 Å². The number of carbonyl (C=O) groups is 1. The predicted molar refractivity (Wildman–Crippen MR) is 72.3 cm³/mol. The Hall–Kier alpha value is -1.35. The first kappa shape index (κ1) is 14.1. The number of carboxylic acid groups (broad SMARTS) is 1. The largest absolute Gasteiger partial charge is 0.476 e. The highest BCUT2D eigenvalue weighted by Gasteiger charge is 2.32. The molecule has 1 aromatic rings. The van der Waals surface area contributed by atoms with Crippen molar-refractivity contribution in [1.82, 2.24) is 9.97 Å². The van der Waals surface area contributed by atoms with Gasteiger partial charge in [-0.1, -0.05) is 0 Å². The molecule has 0 radical (unpaired) electrons. The molecule has 0 amide bonds. The van der Waals surface area contributed by atoms with Crippen molar-refractivity contribution in [2.75, 3.05) is 29.2 Å². The number of carboxylic acids is 1. The Bertz CT molecular complexity index is 590. The molecular weight excluding hydrogens is 290 g/mol. The number of nitrogens with zero attached hydrogens (tertiary/aromatic N) is 3. The summed E-state index contributed by atoms with van der Waals surface area (Å²) in [7, 11) is -3.27. The molecule has 0 saturated carbocycles. The quantitative estimate of drug-likeness (QED) is 0.839. The van der Waals surface area contributed by atoms with Crippen molar-refractivity contribution in [3.8, 4) is 0 Å². The summed E-state index contributed by atoms with van der Waals surface area (Å²) in [5, 5.41) is 8.20. The molecular formula is C10H13N3O4S2. The molecule has 0 spiro atoms. The molecule has 104 valence electrons. The lowest BCUT2D eigenvalue weighted by Crippen LogP contribution is -2.47. The number of thioether (sulfide) groups is 1. The van der Waals surface area contributed by atoms with Crippen molar-refractivity contribution in [2.24, 2.45) is 0 Å². The summed E-state index contributed by atoms with van der Waals surface area (Å²) in [5.41, 5.74) is -0.192. The number of sulfone groups is 1. The van der Waals surface area contributed by atoms with Crippen LogP contribution in [0, 0.1) is 0 Å². The van der Waals surface area contributed by atoms with Crippen LogP contribution in [0.25, 0.3) is 0 Å². The van der Waals surface area contributed by atoms with Crippen LogP contribution < -0.4 is 4.90 Å². The number of rotatable bonds is 3. The smallest absolute Gasteiger partial charge is 0.356 e. The first-order chi connectivity index (χ1) is 8.89. The lowest BCUT2D eigenvalue weighted by molar-refractivity contribution is 0.0690. The second-order valence-corrected chi connectivity index (χ2v) is 7.47. The maximum Gasteiger partial charge on any atom is 0.356 e. The lowest BCUT2D eigenvalue weighted by Gasteiger charge is -2.34. The van der Waals surface area contributed by atoms with Gasteiger partial charge < -0.3 is 10.0 Å². The van der Waals surface area contributed by atoms with Crippen LogP contribution >= 0.6 is 11.8 Å². The zero-order valence-electron chi connectivity index (χ0n) is 10.2. The minimum absolute atomic E-state index is 0.192. The molecule has 1 aromatic heterocycles. The molecule has 1 N–H and O–H groups in total. The Morgan fingerprint density at radius 2 is 2.26 bits per heavy atom. The third-order valence-electron chi connectivity index (χ3n) is 2.71. The summed E-state index contributed by atoms with van der Waals surface area (Å²) in [6, 6.07) is 0. The van der Waals surface area contributed by atoms with Crippen molar-refractivity contribution in [1.29, 1.82) is 0 Å². The first-order valence-corrected chi connectivity index (χ1v) is 8.59. The van der Waals surface area contributed by atoms with Crippen LogP contribution in [0.3, 0.4) is 0 Å². The van der Waals surface area contributed by atoms with Crippen molar-refractivity contribution in [3.63, 3.8) is 0 Å². The first-order valence-electron chi connectivity index (χ1n) is 5.48. The SMILES string of the molecule is CS(=O)(=O)C1CSCCN1c1cncc(C(=O)O)n1. The second kappa shape index (κ2) is 5.33. The fraction of sp³-hybridized carbons (Fsp3) is 0.500. The molecule has 19 heavy (non-hydrogen) atoms. The Labute approximate surface area is 115 Å². The molecule has 1 aliphatic heterocycles. The summed E-state index contributed by atoms with van der Waals surface area (Å²) in [5.74, 6) is 0.315. The third-order valence-corrected chi connectivity index (χ3v) is 5.36. The van der Waals surface area contributed by atoms with Gasteiger partial charge in [-0.15, -0.1) is 0 Å². The molecule has 1 unspecified atom stereocenters. The molecule has 0 aromatic carbocycles. The molecule has 9 heteroatoms. The van der Waals surface area contributed by atoms with Crippen LogP contribution in [0.1, 0.15) is 10.5 Å². The number of anilines is 1. The summed E-state index contributed by atoms with van der Waals surface area (Å²) >= 11 is 1.55. The van der Waals surface area contributed by atoms with Gasteiger partial charge in [0.1, 0.15) is 11.2 Å². The molecule has 1 saturated heterocycles. The fourth-order valence-corrected chi connectivity index (χ4v) is 4.62. The molecule has 1 atom stereocenters. The van der Waals surface area contributed by atoms with E-state index in [1.54, 1.807) is 16.7 Å². The average molecular weight is 303 g/mol. The van der Waals surface area contributed by atoms with E-state index in [0.717, 1.165) is 11.9 Å². The minimum Gasteiger partial charge on any atom is -0.476 e. The van der Waals surface area contributed by atoms with E-state index in [9.17, 15) is 13.2 Å². The number of aromatic carboxylic acids is 1. The Morgan fingerprint density at radius 1 is 1.53 bits per heavy atom. The van der Waals surface area contributed by atoms with Gasteiger partial charge in [0, 0.05) is 24.3 Å². The van der Waals surface area contributed by atoms with Crippen LogP contribution in [-0.4, -0.2) is 59.1 Å². The van der Waals surface area contributed by atoms with E-state index in [1.165, 1.54) is 12.5 Å². The maximum atomic E-state index is 11.8. The summed E-state index contributed by atoms with van der Waals surface area (Å²) in [6.07, 6.45) is 3.70. The van der Waals surface area contributed by atoms with E-state index in [2.05, 4.69) is 9.97 Å². The molecule has 7 nitrogen and oxygen atoms in total.